The van der Waals surface area contributed by atoms with Crippen LogP contribution in [-0.4, -0.2) is 36.7 Å². The van der Waals surface area contributed by atoms with E-state index in [-0.39, 0.29) is 11.9 Å². The molecule has 1 amide bonds. The van der Waals surface area contributed by atoms with Gasteiger partial charge in [-0.2, -0.15) is 0 Å². The van der Waals surface area contributed by atoms with Crippen molar-refractivity contribution in [3.63, 3.8) is 0 Å². The fourth-order valence-corrected chi connectivity index (χ4v) is 4.33. The van der Waals surface area contributed by atoms with Crippen LogP contribution < -0.4 is 15.0 Å². The summed E-state index contributed by atoms with van der Waals surface area (Å²) >= 11 is 0. The maximum absolute atomic E-state index is 12.7. The molecule has 2 aromatic carbocycles. The monoisotopic (exact) mass is 391 g/mol. The molecule has 152 valence electrons. The van der Waals surface area contributed by atoms with Crippen molar-refractivity contribution in [3.8, 4) is 5.75 Å². The SMILES string of the molecule is CCn1cc(CC(=O)NC2CCN(c3ccccc3OC)CC2)c2ccccc21. The molecule has 0 spiro atoms. The Labute approximate surface area is 172 Å². The molecule has 2 heterocycles. The van der Waals surface area contributed by atoms with E-state index in [1.165, 1.54) is 10.9 Å². The summed E-state index contributed by atoms with van der Waals surface area (Å²) in [6.07, 6.45) is 4.44. The molecule has 0 atom stereocenters. The summed E-state index contributed by atoms with van der Waals surface area (Å²) in [5.74, 6) is 1.02. The molecule has 0 saturated carbocycles. The standard InChI is InChI=1S/C24H29N3O2/c1-3-26-17-18(20-8-4-5-9-21(20)26)16-24(28)25-19-12-14-27(15-13-19)22-10-6-7-11-23(22)29-2/h4-11,17,19H,3,12-16H2,1-2H3,(H,25,28). The summed E-state index contributed by atoms with van der Waals surface area (Å²) in [6.45, 7) is 4.87. The highest BCUT2D eigenvalue weighted by Crippen LogP contribution is 2.30. The lowest BCUT2D eigenvalue weighted by molar-refractivity contribution is -0.121. The molecule has 5 heteroatoms. The lowest BCUT2D eigenvalue weighted by Crippen LogP contribution is -2.45. The number of carbonyl (C=O) groups excluding carboxylic acids is 1. The van der Waals surface area contributed by atoms with Crippen molar-refractivity contribution in [1.82, 2.24) is 9.88 Å². The predicted octanol–water partition coefficient (Wildman–Crippen LogP) is 4.00. The Kier molecular flexibility index (Phi) is 5.74. The average molecular weight is 392 g/mol. The Morgan fingerprint density at radius 3 is 2.59 bits per heavy atom. The van der Waals surface area contributed by atoms with Crippen LogP contribution in [0.2, 0.25) is 0 Å². The Bertz CT molecular complexity index is 987. The minimum Gasteiger partial charge on any atom is -0.495 e. The number of piperidine rings is 1. The summed E-state index contributed by atoms with van der Waals surface area (Å²) in [7, 11) is 1.71. The van der Waals surface area contributed by atoms with E-state index in [1.807, 2.05) is 30.3 Å². The number of fused-ring (bicyclic) bond motifs is 1. The second kappa shape index (κ2) is 8.60. The van der Waals surface area contributed by atoms with Crippen molar-refractivity contribution in [2.24, 2.45) is 0 Å². The predicted molar refractivity (Wildman–Crippen MR) is 118 cm³/mol. The number of amides is 1. The molecule has 4 rings (SSSR count). The van der Waals surface area contributed by atoms with Gasteiger partial charge in [-0.1, -0.05) is 30.3 Å². The van der Waals surface area contributed by atoms with Crippen LogP contribution in [0.25, 0.3) is 10.9 Å². The second-order valence-electron chi connectivity index (χ2n) is 7.63. The minimum absolute atomic E-state index is 0.111. The lowest BCUT2D eigenvalue weighted by atomic mass is 10.0. The highest BCUT2D eigenvalue weighted by atomic mass is 16.5. The van der Waals surface area contributed by atoms with Crippen LogP contribution in [-0.2, 0) is 17.8 Å². The highest BCUT2D eigenvalue weighted by Gasteiger charge is 2.23. The molecule has 3 aromatic rings. The van der Waals surface area contributed by atoms with Crippen molar-refractivity contribution < 1.29 is 9.53 Å². The number of rotatable bonds is 6. The molecule has 29 heavy (non-hydrogen) atoms. The third-order valence-corrected chi connectivity index (χ3v) is 5.85. The molecular weight excluding hydrogens is 362 g/mol. The molecule has 1 saturated heterocycles. The van der Waals surface area contributed by atoms with Gasteiger partial charge in [0.1, 0.15) is 5.75 Å². The van der Waals surface area contributed by atoms with E-state index < -0.39 is 0 Å². The summed E-state index contributed by atoms with van der Waals surface area (Å²) < 4.78 is 7.70. The number of para-hydroxylation sites is 3. The van der Waals surface area contributed by atoms with E-state index in [0.717, 1.165) is 49.5 Å². The fraction of sp³-hybridized carbons (Fsp3) is 0.375. The van der Waals surface area contributed by atoms with Crippen LogP contribution in [0.4, 0.5) is 5.69 Å². The van der Waals surface area contributed by atoms with Gasteiger partial charge in [-0.15, -0.1) is 0 Å². The van der Waals surface area contributed by atoms with Gasteiger partial charge in [-0.3, -0.25) is 4.79 Å². The van der Waals surface area contributed by atoms with Crippen molar-refractivity contribution in [3.05, 3.63) is 60.3 Å². The van der Waals surface area contributed by atoms with Gasteiger partial charge in [0.25, 0.3) is 0 Å². The highest BCUT2D eigenvalue weighted by molar-refractivity contribution is 5.89. The number of benzene rings is 2. The lowest BCUT2D eigenvalue weighted by Gasteiger charge is -2.34. The quantitative estimate of drug-likeness (QED) is 0.691. The third kappa shape index (κ3) is 4.09. The molecule has 1 aliphatic heterocycles. The first-order valence-corrected chi connectivity index (χ1v) is 10.4. The molecule has 0 unspecified atom stereocenters. The second-order valence-corrected chi connectivity index (χ2v) is 7.63. The zero-order valence-corrected chi connectivity index (χ0v) is 17.2. The molecule has 1 aliphatic rings. The zero-order chi connectivity index (χ0) is 20.2. The van der Waals surface area contributed by atoms with Gasteiger partial charge >= 0.3 is 0 Å². The van der Waals surface area contributed by atoms with E-state index in [2.05, 4.69) is 46.1 Å². The van der Waals surface area contributed by atoms with Crippen molar-refractivity contribution >= 4 is 22.5 Å². The summed E-state index contributed by atoms with van der Waals surface area (Å²) in [5, 5.41) is 4.43. The number of methoxy groups -OCH3 is 1. The van der Waals surface area contributed by atoms with Crippen molar-refractivity contribution in [1.29, 1.82) is 0 Å². The first-order valence-electron chi connectivity index (χ1n) is 10.4. The maximum atomic E-state index is 12.7. The van der Waals surface area contributed by atoms with E-state index in [9.17, 15) is 4.79 Å². The number of aromatic nitrogens is 1. The smallest absolute Gasteiger partial charge is 0.224 e. The number of ether oxygens (including phenoxy) is 1. The number of carbonyl (C=O) groups is 1. The first kappa shape index (κ1) is 19.4. The fourth-order valence-electron chi connectivity index (χ4n) is 4.33. The van der Waals surface area contributed by atoms with E-state index in [1.54, 1.807) is 7.11 Å². The minimum atomic E-state index is 0.111. The van der Waals surface area contributed by atoms with Crippen LogP contribution in [0.15, 0.2) is 54.7 Å². The average Bonchev–Trinajstić information content (AvgIpc) is 3.12. The molecule has 1 N–H and O–H groups in total. The Morgan fingerprint density at radius 1 is 1.10 bits per heavy atom. The number of hydrogen-bond acceptors (Lipinski definition) is 3. The van der Waals surface area contributed by atoms with Crippen LogP contribution >= 0.6 is 0 Å². The van der Waals surface area contributed by atoms with Gasteiger partial charge in [0.2, 0.25) is 5.91 Å². The molecule has 1 aromatic heterocycles. The van der Waals surface area contributed by atoms with Gasteiger partial charge < -0.3 is 19.5 Å². The third-order valence-electron chi connectivity index (χ3n) is 5.85. The maximum Gasteiger partial charge on any atom is 0.224 e. The van der Waals surface area contributed by atoms with Gasteiger partial charge in [0.05, 0.1) is 19.2 Å². The van der Waals surface area contributed by atoms with Gasteiger partial charge in [0, 0.05) is 42.8 Å². The zero-order valence-electron chi connectivity index (χ0n) is 17.2. The van der Waals surface area contributed by atoms with Gasteiger partial charge in [0.15, 0.2) is 0 Å². The molecule has 0 radical (unpaired) electrons. The molecule has 1 fully saturated rings. The summed E-state index contributed by atoms with van der Waals surface area (Å²) in [4.78, 5) is 15.1. The molecule has 0 bridgehead atoms. The van der Waals surface area contributed by atoms with Gasteiger partial charge in [-0.25, -0.2) is 0 Å². The van der Waals surface area contributed by atoms with Crippen LogP contribution in [0.3, 0.4) is 0 Å². The molecular formula is C24H29N3O2. The number of hydrogen-bond donors (Lipinski definition) is 1. The largest absolute Gasteiger partial charge is 0.495 e. The number of aryl methyl sites for hydroxylation is 1. The van der Waals surface area contributed by atoms with Crippen LogP contribution in [0, 0.1) is 0 Å². The summed E-state index contributed by atoms with van der Waals surface area (Å²) in [6, 6.07) is 16.7. The molecule has 5 nitrogen and oxygen atoms in total. The van der Waals surface area contributed by atoms with Gasteiger partial charge in [-0.05, 0) is 43.5 Å². The molecule has 0 aliphatic carbocycles. The Balaban J connectivity index is 1.36. The number of nitrogens with zero attached hydrogens (tertiary/aromatic N) is 2. The Hall–Kier alpha value is -2.95. The summed E-state index contributed by atoms with van der Waals surface area (Å²) in [5.41, 5.74) is 3.43. The van der Waals surface area contributed by atoms with Crippen molar-refractivity contribution in [2.45, 2.75) is 38.8 Å². The first-order chi connectivity index (χ1) is 14.2. The van der Waals surface area contributed by atoms with Crippen LogP contribution in [0.1, 0.15) is 25.3 Å². The topological polar surface area (TPSA) is 46.5 Å². The van der Waals surface area contributed by atoms with Crippen molar-refractivity contribution in [2.75, 3.05) is 25.1 Å². The van der Waals surface area contributed by atoms with E-state index in [4.69, 9.17) is 4.74 Å². The van der Waals surface area contributed by atoms with E-state index in [0.29, 0.717) is 6.42 Å². The normalized spacial score (nSPS) is 14.9. The number of nitrogens with one attached hydrogen (secondary N) is 1. The van der Waals surface area contributed by atoms with Crippen LogP contribution in [0.5, 0.6) is 5.75 Å². The Morgan fingerprint density at radius 2 is 1.83 bits per heavy atom. The number of anilines is 1. The van der Waals surface area contributed by atoms with E-state index >= 15 is 0 Å².